The van der Waals surface area contributed by atoms with Crippen LogP contribution in [-0.4, -0.2) is 13.7 Å². The summed E-state index contributed by atoms with van der Waals surface area (Å²) >= 11 is 0. The number of benzene rings is 6. The van der Waals surface area contributed by atoms with Crippen molar-refractivity contribution in [1.82, 2.24) is 13.7 Å². The molecule has 0 saturated carbocycles. The van der Waals surface area contributed by atoms with Crippen LogP contribution in [0.1, 0.15) is 0 Å². The van der Waals surface area contributed by atoms with Crippen molar-refractivity contribution < 1.29 is 4.42 Å². The lowest BCUT2D eigenvalue weighted by Gasteiger charge is -2.12. The van der Waals surface area contributed by atoms with E-state index in [1.165, 1.54) is 32.8 Å². The highest BCUT2D eigenvalue weighted by atomic mass is 16.3. The van der Waals surface area contributed by atoms with Crippen LogP contribution in [0.5, 0.6) is 0 Å². The van der Waals surface area contributed by atoms with Gasteiger partial charge in [0.15, 0.2) is 5.58 Å². The van der Waals surface area contributed by atoms with Gasteiger partial charge in [0.2, 0.25) is 0 Å². The summed E-state index contributed by atoms with van der Waals surface area (Å²) in [4.78, 5) is 0. The zero-order chi connectivity index (χ0) is 28.8. The largest absolute Gasteiger partial charge is 0.454 e. The molecule has 0 aliphatic carbocycles. The van der Waals surface area contributed by atoms with Crippen LogP contribution < -0.4 is 0 Å². The van der Waals surface area contributed by atoms with Gasteiger partial charge in [-0.1, -0.05) is 84.9 Å². The number of aromatic nitrogens is 3. The molecule has 0 amide bonds. The minimum atomic E-state index is 0.903. The Kier molecular flexibility index (Phi) is 4.69. The molecule has 44 heavy (non-hydrogen) atoms. The SMILES string of the molecule is c1ccc(-n2c3ccccc3c3c2c2ccccc2n3-c2cccc(-n3c4ccccc4c4oc5ccccc5c43)c2)cc1. The van der Waals surface area contributed by atoms with Gasteiger partial charge >= 0.3 is 0 Å². The van der Waals surface area contributed by atoms with Crippen LogP contribution in [0.15, 0.2) is 156 Å². The van der Waals surface area contributed by atoms with E-state index in [0.717, 1.165) is 50.0 Å². The van der Waals surface area contributed by atoms with E-state index in [-0.39, 0.29) is 0 Å². The second kappa shape index (κ2) is 8.76. The predicted molar refractivity (Wildman–Crippen MR) is 182 cm³/mol. The van der Waals surface area contributed by atoms with Crippen molar-refractivity contribution in [3.05, 3.63) is 152 Å². The molecule has 0 unspecified atom stereocenters. The Morgan fingerprint density at radius 1 is 0.341 bits per heavy atom. The third-order valence-corrected chi connectivity index (χ3v) is 9.01. The topological polar surface area (TPSA) is 27.9 Å². The van der Waals surface area contributed by atoms with Crippen LogP contribution in [0.3, 0.4) is 0 Å². The van der Waals surface area contributed by atoms with Crippen molar-refractivity contribution in [1.29, 1.82) is 0 Å². The molecule has 4 heteroatoms. The lowest BCUT2D eigenvalue weighted by Crippen LogP contribution is -1.98. The van der Waals surface area contributed by atoms with Gasteiger partial charge in [-0.05, 0) is 66.7 Å². The molecule has 0 fully saturated rings. The van der Waals surface area contributed by atoms with Gasteiger partial charge in [0, 0.05) is 38.6 Å². The third-order valence-electron chi connectivity index (χ3n) is 9.01. The van der Waals surface area contributed by atoms with Crippen LogP contribution in [0.2, 0.25) is 0 Å². The Balaban J connectivity index is 1.32. The number of hydrogen-bond acceptors (Lipinski definition) is 1. The van der Waals surface area contributed by atoms with Gasteiger partial charge in [0.05, 0.1) is 27.6 Å². The Hall–Kier alpha value is -6.00. The fourth-order valence-corrected chi connectivity index (χ4v) is 7.26. The summed E-state index contributed by atoms with van der Waals surface area (Å²) in [5.74, 6) is 0. The molecule has 206 valence electrons. The predicted octanol–water partition coefficient (Wildman–Crippen LogP) is 10.6. The van der Waals surface area contributed by atoms with Crippen molar-refractivity contribution in [2.45, 2.75) is 0 Å². The first-order valence-corrected chi connectivity index (χ1v) is 15.0. The van der Waals surface area contributed by atoms with Crippen molar-refractivity contribution >= 4 is 65.8 Å². The summed E-state index contributed by atoms with van der Waals surface area (Å²) in [5.41, 5.74) is 12.2. The molecule has 4 nitrogen and oxygen atoms in total. The second-order valence-corrected chi connectivity index (χ2v) is 11.4. The normalized spacial score (nSPS) is 12.1. The highest BCUT2D eigenvalue weighted by Gasteiger charge is 2.23. The van der Waals surface area contributed by atoms with Crippen LogP contribution in [0, 0.1) is 0 Å². The number of hydrogen-bond donors (Lipinski definition) is 0. The van der Waals surface area contributed by atoms with Gasteiger partial charge in [0.25, 0.3) is 0 Å². The average Bonchev–Trinajstić information content (AvgIpc) is 3.81. The number of para-hydroxylation sites is 5. The van der Waals surface area contributed by atoms with Crippen LogP contribution in [0.25, 0.3) is 82.9 Å². The maximum atomic E-state index is 6.45. The quantitative estimate of drug-likeness (QED) is 0.210. The Morgan fingerprint density at radius 2 is 0.795 bits per heavy atom. The molecule has 6 aromatic carbocycles. The lowest BCUT2D eigenvalue weighted by atomic mass is 10.2. The Morgan fingerprint density at radius 3 is 1.45 bits per heavy atom. The standard InChI is InChI=1S/C40H25N3O/c1-2-13-26(14-3-1)41-33-21-8-4-17-29(33)38-37(41)30-18-5-9-22-34(30)42(38)27-15-12-16-28(25-27)43-35-23-10-6-19-31(35)40-39(43)32-20-7-11-24-36(32)44-40/h1-25H. The summed E-state index contributed by atoms with van der Waals surface area (Å²) in [6.07, 6.45) is 0. The molecule has 10 aromatic rings. The van der Waals surface area contributed by atoms with Gasteiger partial charge in [0.1, 0.15) is 11.1 Å². The highest BCUT2D eigenvalue weighted by Crippen LogP contribution is 2.42. The van der Waals surface area contributed by atoms with E-state index in [2.05, 4.69) is 159 Å². The monoisotopic (exact) mass is 563 g/mol. The molecule has 0 saturated heterocycles. The van der Waals surface area contributed by atoms with Gasteiger partial charge in [-0.15, -0.1) is 0 Å². The van der Waals surface area contributed by atoms with Crippen molar-refractivity contribution in [3.63, 3.8) is 0 Å². The minimum Gasteiger partial charge on any atom is -0.454 e. The lowest BCUT2D eigenvalue weighted by molar-refractivity contribution is 0.673. The Labute approximate surface area is 252 Å². The first kappa shape index (κ1) is 23.6. The average molecular weight is 564 g/mol. The van der Waals surface area contributed by atoms with E-state index in [4.69, 9.17) is 4.42 Å². The molecule has 4 heterocycles. The fourth-order valence-electron chi connectivity index (χ4n) is 7.26. The van der Waals surface area contributed by atoms with E-state index in [0.29, 0.717) is 0 Å². The zero-order valence-corrected chi connectivity index (χ0v) is 23.7. The molecular formula is C40H25N3O. The minimum absolute atomic E-state index is 0.903. The summed E-state index contributed by atoms with van der Waals surface area (Å²) < 4.78 is 13.7. The number of rotatable bonds is 3. The van der Waals surface area contributed by atoms with Gasteiger partial charge < -0.3 is 18.1 Å². The maximum Gasteiger partial charge on any atom is 0.161 e. The molecule has 0 radical (unpaired) electrons. The van der Waals surface area contributed by atoms with E-state index < -0.39 is 0 Å². The first-order chi connectivity index (χ1) is 21.9. The van der Waals surface area contributed by atoms with Crippen molar-refractivity contribution in [2.75, 3.05) is 0 Å². The van der Waals surface area contributed by atoms with Gasteiger partial charge in [-0.25, -0.2) is 0 Å². The van der Waals surface area contributed by atoms with Crippen molar-refractivity contribution in [3.8, 4) is 17.1 Å². The summed E-state index contributed by atoms with van der Waals surface area (Å²) in [7, 11) is 0. The second-order valence-electron chi connectivity index (χ2n) is 11.4. The molecule has 0 aliphatic heterocycles. The summed E-state index contributed by atoms with van der Waals surface area (Å²) in [5, 5.41) is 4.68. The molecule has 0 aliphatic rings. The van der Waals surface area contributed by atoms with Gasteiger partial charge in [-0.2, -0.15) is 0 Å². The molecule has 0 spiro atoms. The van der Waals surface area contributed by atoms with Crippen molar-refractivity contribution in [2.24, 2.45) is 0 Å². The molecule has 0 atom stereocenters. The zero-order valence-electron chi connectivity index (χ0n) is 23.7. The third kappa shape index (κ3) is 3.06. The smallest absolute Gasteiger partial charge is 0.161 e. The van der Waals surface area contributed by atoms with Crippen LogP contribution >= 0.6 is 0 Å². The molecule has 4 aromatic heterocycles. The van der Waals surface area contributed by atoms with Crippen LogP contribution in [0.4, 0.5) is 0 Å². The summed E-state index contributed by atoms with van der Waals surface area (Å²) in [6.45, 7) is 0. The first-order valence-electron chi connectivity index (χ1n) is 15.0. The molecule has 0 N–H and O–H groups in total. The van der Waals surface area contributed by atoms with Crippen LogP contribution in [-0.2, 0) is 0 Å². The van der Waals surface area contributed by atoms with E-state index in [9.17, 15) is 0 Å². The van der Waals surface area contributed by atoms with E-state index in [1.807, 2.05) is 6.07 Å². The Bertz CT molecular complexity index is 2710. The number of furan rings is 1. The fraction of sp³-hybridized carbons (Fsp3) is 0. The molecular weight excluding hydrogens is 538 g/mol. The summed E-state index contributed by atoms with van der Waals surface area (Å²) in [6, 6.07) is 53.9. The molecule has 0 bridgehead atoms. The number of fused-ring (bicyclic) bond motifs is 10. The maximum absolute atomic E-state index is 6.45. The van der Waals surface area contributed by atoms with Gasteiger partial charge in [-0.3, -0.25) is 0 Å². The molecule has 10 rings (SSSR count). The van der Waals surface area contributed by atoms with E-state index in [1.54, 1.807) is 0 Å². The van der Waals surface area contributed by atoms with E-state index >= 15 is 0 Å². The highest BCUT2D eigenvalue weighted by molar-refractivity contribution is 6.20. The number of nitrogens with zero attached hydrogens (tertiary/aromatic N) is 3.